The van der Waals surface area contributed by atoms with Gasteiger partial charge in [-0.05, 0) is 24.5 Å². The standard InChI is InChI=1S/C15H23ClN2/c1-3-15(4-2)12-18(10-9-17-15)11-13-7-5-6-8-14(13)16/h5-8,17H,3-4,9-12H2,1-2H3. The number of rotatable bonds is 4. The quantitative estimate of drug-likeness (QED) is 0.900. The number of benzene rings is 1. The molecule has 1 aromatic carbocycles. The van der Waals surface area contributed by atoms with Crippen LogP contribution in [0.4, 0.5) is 0 Å². The second-order valence-electron chi connectivity index (χ2n) is 5.22. The van der Waals surface area contributed by atoms with Gasteiger partial charge in [0, 0.05) is 36.7 Å². The molecule has 1 aromatic rings. The molecule has 100 valence electrons. The minimum absolute atomic E-state index is 0.291. The first-order valence-corrected chi connectivity index (χ1v) is 7.27. The zero-order chi connectivity index (χ0) is 13.0. The average Bonchev–Trinajstić information content (AvgIpc) is 2.41. The second-order valence-corrected chi connectivity index (χ2v) is 5.62. The van der Waals surface area contributed by atoms with Crippen molar-refractivity contribution in [1.29, 1.82) is 0 Å². The molecule has 2 nitrogen and oxygen atoms in total. The number of halogens is 1. The third-order valence-corrected chi connectivity index (χ3v) is 4.53. The van der Waals surface area contributed by atoms with Crippen molar-refractivity contribution in [3.8, 4) is 0 Å². The van der Waals surface area contributed by atoms with E-state index in [0.717, 1.165) is 31.2 Å². The monoisotopic (exact) mass is 266 g/mol. The van der Waals surface area contributed by atoms with Crippen LogP contribution in [0.2, 0.25) is 5.02 Å². The van der Waals surface area contributed by atoms with Crippen LogP contribution in [0.5, 0.6) is 0 Å². The molecule has 1 aliphatic rings. The van der Waals surface area contributed by atoms with E-state index in [2.05, 4.69) is 36.2 Å². The van der Waals surface area contributed by atoms with Gasteiger partial charge in [-0.25, -0.2) is 0 Å². The van der Waals surface area contributed by atoms with Crippen LogP contribution in [0.1, 0.15) is 32.3 Å². The molecular formula is C15H23ClN2. The van der Waals surface area contributed by atoms with E-state index in [1.165, 1.54) is 18.4 Å². The first-order chi connectivity index (χ1) is 8.69. The fraction of sp³-hybridized carbons (Fsp3) is 0.600. The third kappa shape index (κ3) is 3.05. The average molecular weight is 267 g/mol. The van der Waals surface area contributed by atoms with Crippen molar-refractivity contribution in [2.75, 3.05) is 19.6 Å². The van der Waals surface area contributed by atoms with Gasteiger partial charge in [0.15, 0.2) is 0 Å². The minimum Gasteiger partial charge on any atom is -0.309 e. The zero-order valence-corrected chi connectivity index (χ0v) is 12.1. The number of piperazine rings is 1. The number of hydrogen-bond acceptors (Lipinski definition) is 2. The summed E-state index contributed by atoms with van der Waals surface area (Å²) in [6, 6.07) is 8.16. The lowest BCUT2D eigenvalue weighted by Gasteiger charge is -2.43. The van der Waals surface area contributed by atoms with Crippen molar-refractivity contribution in [1.82, 2.24) is 10.2 Å². The molecule has 0 spiro atoms. The van der Waals surface area contributed by atoms with Gasteiger partial charge in [0.25, 0.3) is 0 Å². The molecule has 0 saturated carbocycles. The van der Waals surface area contributed by atoms with Gasteiger partial charge in [0.05, 0.1) is 0 Å². The Kier molecular flexibility index (Phi) is 4.66. The molecule has 18 heavy (non-hydrogen) atoms. The van der Waals surface area contributed by atoms with Crippen molar-refractivity contribution in [3.05, 3.63) is 34.9 Å². The molecule has 1 aliphatic heterocycles. The molecule has 3 heteroatoms. The van der Waals surface area contributed by atoms with Crippen LogP contribution in [0.3, 0.4) is 0 Å². The highest BCUT2D eigenvalue weighted by atomic mass is 35.5. The van der Waals surface area contributed by atoms with Crippen molar-refractivity contribution >= 4 is 11.6 Å². The summed E-state index contributed by atoms with van der Waals surface area (Å²) in [7, 11) is 0. The van der Waals surface area contributed by atoms with E-state index in [9.17, 15) is 0 Å². The summed E-state index contributed by atoms with van der Waals surface area (Å²) in [4.78, 5) is 2.52. The molecule has 0 radical (unpaired) electrons. The molecule has 0 bridgehead atoms. The minimum atomic E-state index is 0.291. The predicted molar refractivity (Wildman–Crippen MR) is 78.0 cm³/mol. The van der Waals surface area contributed by atoms with Crippen molar-refractivity contribution in [3.63, 3.8) is 0 Å². The lowest BCUT2D eigenvalue weighted by Crippen LogP contribution is -2.59. The lowest BCUT2D eigenvalue weighted by atomic mass is 9.90. The molecule has 1 N–H and O–H groups in total. The first-order valence-electron chi connectivity index (χ1n) is 6.90. The summed E-state index contributed by atoms with van der Waals surface area (Å²) in [5, 5.41) is 4.57. The molecule has 0 aliphatic carbocycles. The van der Waals surface area contributed by atoms with Gasteiger partial charge in [-0.2, -0.15) is 0 Å². The third-order valence-electron chi connectivity index (χ3n) is 4.16. The van der Waals surface area contributed by atoms with Gasteiger partial charge < -0.3 is 5.32 Å². The maximum Gasteiger partial charge on any atom is 0.0451 e. The summed E-state index contributed by atoms with van der Waals surface area (Å²) < 4.78 is 0. The molecule has 0 unspecified atom stereocenters. The fourth-order valence-electron chi connectivity index (χ4n) is 2.77. The van der Waals surface area contributed by atoms with E-state index in [1.807, 2.05) is 12.1 Å². The molecule has 0 atom stereocenters. The predicted octanol–water partition coefficient (Wildman–Crippen LogP) is 3.30. The molecular weight excluding hydrogens is 244 g/mol. The zero-order valence-electron chi connectivity index (χ0n) is 11.4. The Morgan fingerprint density at radius 3 is 2.67 bits per heavy atom. The summed E-state index contributed by atoms with van der Waals surface area (Å²) in [5.41, 5.74) is 1.53. The van der Waals surface area contributed by atoms with Crippen molar-refractivity contribution in [2.24, 2.45) is 0 Å². The Morgan fingerprint density at radius 1 is 1.28 bits per heavy atom. The highest BCUT2D eigenvalue weighted by Gasteiger charge is 2.31. The largest absolute Gasteiger partial charge is 0.309 e. The SMILES string of the molecule is CCC1(CC)CN(Cc2ccccc2Cl)CCN1. The molecule has 1 heterocycles. The van der Waals surface area contributed by atoms with E-state index >= 15 is 0 Å². The highest BCUT2D eigenvalue weighted by molar-refractivity contribution is 6.31. The van der Waals surface area contributed by atoms with Crippen LogP contribution in [-0.4, -0.2) is 30.1 Å². The Morgan fingerprint density at radius 2 is 2.00 bits per heavy atom. The van der Waals surface area contributed by atoms with Gasteiger partial charge in [-0.15, -0.1) is 0 Å². The van der Waals surface area contributed by atoms with Gasteiger partial charge in [-0.3, -0.25) is 4.90 Å². The van der Waals surface area contributed by atoms with Gasteiger partial charge >= 0.3 is 0 Å². The number of nitrogens with zero attached hydrogens (tertiary/aromatic N) is 1. The lowest BCUT2D eigenvalue weighted by molar-refractivity contribution is 0.118. The molecule has 0 amide bonds. The molecule has 1 fully saturated rings. The molecule has 2 rings (SSSR count). The van der Waals surface area contributed by atoms with E-state index in [-0.39, 0.29) is 0 Å². The summed E-state index contributed by atoms with van der Waals surface area (Å²) in [6.45, 7) is 8.80. The maximum absolute atomic E-state index is 6.24. The number of hydrogen-bond donors (Lipinski definition) is 1. The van der Waals surface area contributed by atoms with Crippen LogP contribution in [0, 0.1) is 0 Å². The van der Waals surface area contributed by atoms with Crippen LogP contribution in [0.25, 0.3) is 0 Å². The van der Waals surface area contributed by atoms with Crippen LogP contribution >= 0.6 is 11.6 Å². The van der Waals surface area contributed by atoms with Crippen molar-refractivity contribution < 1.29 is 0 Å². The Hall–Kier alpha value is -0.570. The van der Waals surface area contributed by atoms with Crippen molar-refractivity contribution in [2.45, 2.75) is 38.8 Å². The normalized spacial score (nSPS) is 19.9. The summed E-state index contributed by atoms with van der Waals surface area (Å²) in [5.74, 6) is 0. The second kappa shape index (κ2) is 6.05. The Labute approximate surface area is 115 Å². The Balaban J connectivity index is 2.04. The fourth-order valence-corrected chi connectivity index (χ4v) is 2.96. The van der Waals surface area contributed by atoms with E-state index in [1.54, 1.807) is 0 Å². The van der Waals surface area contributed by atoms with Gasteiger partial charge in [-0.1, -0.05) is 43.6 Å². The molecule has 0 aromatic heterocycles. The Bertz CT molecular complexity index is 388. The van der Waals surface area contributed by atoms with Crippen LogP contribution in [-0.2, 0) is 6.54 Å². The van der Waals surface area contributed by atoms with Crippen LogP contribution < -0.4 is 5.32 Å². The summed E-state index contributed by atoms with van der Waals surface area (Å²) in [6.07, 6.45) is 2.37. The first kappa shape index (κ1) is 13.9. The van der Waals surface area contributed by atoms with E-state index in [0.29, 0.717) is 5.54 Å². The van der Waals surface area contributed by atoms with E-state index < -0.39 is 0 Å². The van der Waals surface area contributed by atoms with Crippen LogP contribution in [0.15, 0.2) is 24.3 Å². The topological polar surface area (TPSA) is 15.3 Å². The van der Waals surface area contributed by atoms with Gasteiger partial charge in [0.2, 0.25) is 0 Å². The number of nitrogens with one attached hydrogen (secondary N) is 1. The molecule has 1 saturated heterocycles. The highest BCUT2D eigenvalue weighted by Crippen LogP contribution is 2.23. The maximum atomic E-state index is 6.24. The summed E-state index contributed by atoms with van der Waals surface area (Å²) >= 11 is 6.24. The van der Waals surface area contributed by atoms with Gasteiger partial charge in [0.1, 0.15) is 0 Å². The van der Waals surface area contributed by atoms with E-state index in [4.69, 9.17) is 11.6 Å². The smallest absolute Gasteiger partial charge is 0.0451 e.